The van der Waals surface area contributed by atoms with Gasteiger partial charge in [-0.1, -0.05) is 28.1 Å². The minimum atomic E-state index is 0.252. The van der Waals surface area contributed by atoms with Crippen LogP contribution < -0.4 is 5.73 Å². The van der Waals surface area contributed by atoms with Gasteiger partial charge in [-0.25, -0.2) is 0 Å². The van der Waals surface area contributed by atoms with Crippen molar-refractivity contribution in [3.05, 3.63) is 34.3 Å². The Morgan fingerprint density at radius 2 is 2.17 bits per heavy atom. The molecule has 64 valence electrons. The maximum absolute atomic E-state index is 6.05. The molecule has 0 spiro atoms. The maximum Gasteiger partial charge on any atom is 0.0323 e. The highest BCUT2D eigenvalue weighted by atomic mass is 79.9. The maximum atomic E-state index is 6.05. The first-order valence-electron chi connectivity index (χ1n) is 4.28. The summed E-state index contributed by atoms with van der Waals surface area (Å²) in [5.41, 5.74) is 7.30. The lowest BCUT2D eigenvalue weighted by Gasteiger charge is -2.10. The molecule has 12 heavy (non-hydrogen) atoms. The summed E-state index contributed by atoms with van der Waals surface area (Å²) in [6.45, 7) is 0. The van der Waals surface area contributed by atoms with Crippen LogP contribution in [-0.2, 0) is 0 Å². The number of hydrogen-bond acceptors (Lipinski definition) is 1. The van der Waals surface area contributed by atoms with Crippen molar-refractivity contribution in [3.8, 4) is 0 Å². The van der Waals surface area contributed by atoms with E-state index in [-0.39, 0.29) is 6.04 Å². The highest BCUT2D eigenvalue weighted by Crippen LogP contribution is 2.39. The summed E-state index contributed by atoms with van der Waals surface area (Å²) in [5, 5.41) is 0. The summed E-state index contributed by atoms with van der Waals surface area (Å²) < 4.78 is 1.12. The minimum absolute atomic E-state index is 0.252. The van der Waals surface area contributed by atoms with Crippen molar-refractivity contribution in [3.63, 3.8) is 0 Å². The number of hydrogen-bond donors (Lipinski definition) is 1. The lowest BCUT2D eigenvalue weighted by Crippen LogP contribution is -2.11. The Morgan fingerprint density at radius 3 is 2.75 bits per heavy atom. The topological polar surface area (TPSA) is 26.0 Å². The molecule has 0 radical (unpaired) electrons. The van der Waals surface area contributed by atoms with Crippen molar-refractivity contribution < 1.29 is 0 Å². The highest BCUT2D eigenvalue weighted by Gasteiger charge is 2.29. The normalized spacial score (nSPS) is 19.2. The van der Waals surface area contributed by atoms with E-state index in [0.717, 1.165) is 10.4 Å². The van der Waals surface area contributed by atoms with Crippen LogP contribution in [0.4, 0.5) is 0 Å². The number of nitrogens with two attached hydrogens (primary N) is 1. The van der Waals surface area contributed by atoms with Gasteiger partial charge in [-0.05, 0) is 36.5 Å². The molecule has 1 aliphatic carbocycles. The van der Waals surface area contributed by atoms with Gasteiger partial charge in [0.1, 0.15) is 0 Å². The van der Waals surface area contributed by atoms with E-state index in [1.807, 2.05) is 12.1 Å². The molecule has 1 unspecified atom stereocenters. The smallest absolute Gasteiger partial charge is 0.0323 e. The van der Waals surface area contributed by atoms with Gasteiger partial charge in [0.15, 0.2) is 0 Å². The van der Waals surface area contributed by atoms with Crippen LogP contribution in [0.15, 0.2) is 28.7 Å². The first-order valence-corrected chi connectivity index (χ1v) is 5.08. The van der Waals surface area contributed by atoms with E-state index in [9.17, 15) is 0 Å². The Kier molecular flexibility index (Phi) is 2.20. The van der Waals surface area contributed by atoms with Gasteiger partial charge in [0, 0.05) is 10.5 Å². The number of rotatable bonds is 2. The van der Waals surface area contributed by atoms with E-state index in [4.69, 9.17) is 5.73 Å². The van der Waals surface area contributed by atoms with E-state index < -0.39 is 0 Å². The second-order valence-corrected chi connectivity index (χ2v) is 4.33. The summed E-state index contributed by atoms with van der Waals surface area (Å²) in [6, 6.07) is 8.55. The van der Waals surface area contributed by atoms with E-state index in [0.29, 0.717) is 0 Å². The van der Waals surface area contributed by atoms with Crippen molar-refractivity contribution >= 4 is 15.9 Å². The monoisotopic (exact) mass is 225 g/mol. The summed E-state index contributed by atoms with van der Waals surface area (Å²) in [5.74, 6) is 0.735. The molecule has 0 heterocycles. The molecule has 0 saturated heterocycles. The number of halogens is 1. The summed E-state index contributed by atoms with van der Waals surface area (Å²) in [4.78, 5) is 0. The van der Waals surface area contributed by atoms with Crippen molar-refractivity contribution in [2.45, 2.75) is 18.9 Å². The third-order valence-electron chi connectivity index (χ3n) is 2.36. The fraction of sp³-hybridized carbons (Fsp3) is 0.400. The van der Waals surface area contributed by atoms with Crippen molar-refractivity contribution in [2.24, 2.45) is 11.7 Å². The fourth-order valence-corrected chi connectivity index (χ4v) is 1.86. The van der Waals surface area contributed by atoms with Gasteiger partial charge in [-0.15, -0.1) is 0 Å². The van der Waals surface area contributed by atoms with E-state index in [1.54, 1.807) is 0 Å². The molecule has 2 rings (SSSR count). The molecule has 1 nitrogen and oxygen atoms in total. The molecule has 1 saturated carbocycles. The van der Waals surface area contributed by atoms with Crippen molar-refractivity contribution in [1.82, 2.24) is 0 Å². The molecule has 2 heteroatoms. The zero-order valence-electron chi connectivity index (χ0n) is 6.83. The van der Waals surface area contributed by atoms with Crippen molar-refractivity contribution in [1.29, 1.82) is 0 Å². The Bertz CT molecular complexity index is 281. The largest absolute Gasteiger partial charge is 0.324 e. The lowest BCUT2D eigenvalue weighted by atomic mass is 10.0. The quantitative estimate of drug-likeness (QED) is 0.824. The molecule has 0 aromatic heterocycles. The Morgan fingerprint density at radius 1 is 1.42 bits per heavy atom. The van der Waals surface area contributed by atoms with Crippen LogP contribution in [-0.4, -0.2) is 0 Å². The molecule has 1 aromatic carbocycles. The van der Waals surface area contributed by atoms with Gasteiger partial charge in [0.2, 0.25) is 0 Å². The first kappa shape index (κ1) is 8.27. The third kappa shape index (κ3) is 1.70. The van der Waals surface area contributed by atoms with Gasteiger partial charge in [-0.3, -0.25) is 0 Å². The van der Waals surface area contributed by atoms with E-state index >= 15 is 0 Å². The Hall–Kier alpha value is -0.340. The molecule has 1 aliphatic rings. The predicted molar refractivity (Wildman–Crippen MR) is 53.8 cm³/mol. The molecular formula is C10H12BrN. The third-order valence-corrected chi connectivity index (χ3v) is 2.86. The molecule has 0 amide bonds. The lowest BCUT2D eigenvalue weighted by molar-refractivity contribution is 0.633. The van der Waals surface area contributed by atoms with E-state index in [2.05, 4.69) is 28.1 Å². The molecular weight excluding hydrogens is 214 g/mol. The minimum Gasteiger partial charge on any atom is -0.324 e. The van der Waals surface area contributed by atoms with E-state index in [1.165, 1.54) is 18.4 Å². The fourth-order valence-electron chi connectivity index (χ4n) is 1.44. The summed E-state index contributed by atoms with van der Waals surface area (Å²) in [6.07, 6.45) is 2.60. The van der Waals surface area contributed by atoms with Gasteiger partial charge in [0.05, 0.1) is 0 Å². The predicted octanol–water partition coefficient (Wildman–Crippen LogP) is 2.86. The SMILES string of the molecule is NC(c1cccc(Br)c1)C1CC1. The van der Waals surface area contributed by atoms with Crippen LogP contribution in [0.5, 0.6) is 0 Å². The molecule has 1 aromatic rings. The second-order valence-electron chi connectivity index (χ2n) is 3.42. The highest BCUT2D eigenvalue weighted by molar-refractivity contribution is 9.10. The standard InChI is InChI=1S/C10H12BrN/c11-9-3-1-2-8(6-9)10(12)7-4-5-7/h1-3,6-7,10H,4-5,12H2. The van der Waals surface area contributed by atoms with Gasteiger partial charge >= 0.3 is 0 Å². The zero-order chi connectivity index (χ0) is 8.55. The molecule has 1 atom stereocenters. The Labute approximate surface area is 81.1 Å². The number of benzene rings is 1. The molecule has 0 aliphatic heterocycles. The second kappa shape index (κ2) is 3.19. The molecule has 1 fully saturated rings. The van der Waals surface area contributed by atoms with Crippen LogP contribution >= 0.6 is 15.9 Å². The first-order chi connectivity index (χ1) is 5.77. The Balaban J connectivity index is 2.20. The van der Waals surface area contributed by atoms with Gasteiger partial charge in [-0.2, -0.15) is 0 Å². The molecule has 2 N–H and O–H groups in total. The van der Waals surface area contributed by atoms with Crippen LogP contribution in [0.3, 0.4) is 0 Å². The van der Waals surface area contributed by atoms with Crippen LogP contribution in [0, 0.1) is 5.92 Å². The zero-order valence-corrected chi connectivity index (χ0v) is 8.42. The average Bonchev–Trinajstić information content (AvgIpc) is 2.85. The van der Waals surface area contributed by atoms with Crippen LogP contribution in [0.1, 0.15) is 24.4 Å². The summed E-state index contributed by atoms with van der Waals surface area (Å²) in [7, 11) is 0. The molecule has 0 bridgehead atoms. The average molecular weight is 226 g/mol. The summed E-state index contributed by atoms with van der Waals surface area (Å²) >= 11 is 3.44. The van der Waals surface area contributed by atoms with Gasteiger partial charge in [0.25, 0.3) is 0 Å². The van der Waals surface area contributed by atoms with Crippen LogP contribution in [0.25, 0.3) is 0 Å². The van der Waals surface area contributed by atoms with Crippen LogP contribution in [0.2, 0.25) is 0 Å². The van der Waals surface area contributed by atoms with Crippen molar-refractivity contribution in [2.75, 3.05) is 0 Å². The van der Waals surface area contributed by atoms with Gasteiger partial charge < -0.3 is 5.73 Å².